The molecule has 0 fully saturated rings. The number of rotatable bonds is 4. The van der Waals surface area contributed by atoms with Crippen molar-refractivity contribution in [2.75, 3.05) is 0 Å². The van der Waals surface area contributed by atoms with Gasteiger partial charge in [0.1, 0.15) is 11.3 Å². The summed E-state index contributed by atoms with van der Waals surface area (Å²) in [6, 6.07) is 9.58. The van der Waals surface area contributed by atoms with Crippen LogP contribution in [0.25, 0.3) is 16.9 Å². The summed E-state index contributed by atoms with van der Waals surface area (Å²) in [4.78, 5) is 15.9. The quantitative estimate of drug-likeness (QED) is 0.793. The fourth-order valence-corrected chi connectivity index (χ4v) is 2.79. The fraction of sp³-hybridized carbons (Fsp3) is 0.211. The largest absolute Gasteiger partial charge is 0.478 e. The third kappa shape index (κ3) is 2.69. The molecule has 2 heterocycles. The van der Waals surface area contributed by atoms with Gasteiger partial charge in [-0.1, -0.05) is 13.0 Å². The van der Waals surface area contributed by atoms with E-state index in [0.29, 0.717) is 17.8 Å². The topological polar surface area (TPSA) is 68.0 Å². The van der Waals surface area contributed by atoms with Gasteiger partial charge < -0.3 is 5.11 Å². The van der Waals surface area contributed by atoms with E-state index in [2.05, 4.69) is 10.1 Å². The molecule has 0 atom stereocenters. The zero-order chi connectivity index (χ0) is 17.3. The second-order valence-corrected chi connectivity index (χ2v) is 5.75. The second kappa shape index (κ2) is 6.28. The fourth-order valence-electron chi connectivity index (χ4n) is 2.79. The molecule has 3 rings (SSSR count). The van der Waals surface area contributed by atoms with Crippen LogP contribution in [-0.4, -0.2) is 25.8 Å². The molecule has 0 aliphatic carbocycles. The normalized spacial score (nSPS) is 10.8. The Morgan fingerprint density at radius 2 is 1.83 bits per heavy atom. The Kier molecular flexibility index (Phi) is 4.16. The number of carbonyl (C=O) groups is 1. The molecule has 0 saturated heterocycles. The van der Waals surface area contributed by atoms with E-state index >= 15 is 0 Å². The van der Waals surface area contributed by atoms with Crippen LogP contribution in [-0.2, 0) is 6.42 Å². The van der Waals surface area contributed by atoms with Gasteiger partial charge in [-0.2, -0.15) is 5.10 Å². The van der Waals surface area contributed by atoms with Crippen molar-refractivity contribution in [1.82, 2.24) is 14.8 Å². The Labute approximate surface area is 140 Å². The maximum Gasteiger partial charge on any atom is 0.339 e. The maximum atomic E-state index is 11.9. The number of hydrogen-bond acceptors (Lipinski definition) is 3. The van der Waals surface area contributed by atoms with E-state index in [0.717, 1.165) is 16.8 Å². The van der Waals surface area contributed by atoms with E-state index in [1.165, 1.54) is 5.56 Å². The van der Waals surface area contributed by atoms with Crippen molar-refractivity contribution in [3.8, 4) is 16.9 Å². The van der Waals surface area contributed by atoms with Crippen molar-refractivity contribution in [1.29, 1.82) is 0 Å². The van der Waals surface area contributed by atoms with Crippen molar-refractivity contribution >= 4 is 5.97 Å². The number of pyridine rings is 1. The van der Waals surface area contributed by atoms with Crippen LogP contribution < -0.4 is 0 Å². The number of aromatic nitrogens is 3. The molecule has 24 heavy (non-hydrogen) atoms. The zero-order valence-corrected chi connectivity index (χ0v) is 13.9. The van der Waals surface area contributed by atoms with Crippen LogP contribution in [0, 0.1) is 13.8 Å². The van der Waals surface area contributed by atoms with E-state index in [9.17, 15) is 9.90 Å². The lowest BCUT2D eigenvalue weighted by Gasteiger charge is -2.09. The molecule has 1 N–H and O–H groups in total. The number of aryl methyl sites for hydroxylation is 2. The van der Waals surface area contributed by atoms with Gasteiger partial charge in [-0.15, -0.1) is 0 Å². The third-order valence-electron chi connectivity index (χ3n) is 4.22. The summed E-state index contributed by atoms with van der Waals surface area (Å²) in [6.45, 7) is 6.03. The first-order valence-corrected chi connectivity index (χ1v) is 7.86. The van der Waals surface area contributed by atoms with E-state index < -0.39 is 5.97 Å². The summed E-state index contributed by atoms with van der Waals surface area (Å²) in [7, 11) is 0. The number of carboxylic acids is 1. The first-order valence-electron chi connectivity index (χ1n) is 7.86. The Morgan fingerprint density at radius 3 is 2.42 bits per heavy atom. The number of aromatic carboxylic acids is 1. The van der Waals surface area contributed by atoms with Crippen LogP contribution in [0.1, 0.15) is 34.1 Å². The monoisotopic (exact) mass is 321 g/mol. The Balaban J connectivity index is 2.27. The van der Waals surface area contributed by atoms with Crippen molar-refractivity contribution in [3.05, 3.63) is 65.1 Å². The molecular weight excluding hydrogens is 302 g/mol. The third-order valence-corrected chi connectivity index (χ3v) is 4.22. The molecule has 5 nitrogen and oxygen atoms in total. The minimum atomic E-state index is -0.964. The van der Waals surface area contributed by atoms with Gasteiger partial charge in [0.2, 0.25) is 0 Å². The summed E-state index contributed by atoms with van der Waals surface area (Å²) in [5.41, 5.74) is 5.38. The van der Waals surface area contributed by atoms with Crippen LogP contribution in [0.15, 0.2) is 42.7 Å². The standard InChI is InChI=1S/C19H19N3O2/c1-4-16-17(19(23)24)18(14-7-9-20-10-8-14)21-22(16)15-6-5-12(2)13(3)11-15/h5-11H,4H2,1-3H3,(H,23,24). The average Bonchev–Trinajstić information content (AvgIpc) is 2.98. The van der Waals surface area contributed by atoms with Gasteiger partial charge in [0.25, 0.3) is 0 Å². The molecule has 0 spiro atoms. The minimum Gasteiger partial charge on any atom is -0.478 e. The van der Waals surface area contributed by atoms with E-state index in [4.69, 9.17) is 0 Å². The van der Waals surface area contributed by atoms with Gasteiger partial charge in [-0.25, -0.2) is 9.48 Å². The van der Waals surface area contributed by atoms with Crippen molar-refractivity contribution < 1.29 is 9.90 Å². The average molecular weight is 321 g/mol. The molecular formula is C19H19N3O2. The number of hydrogen-bond donors (Lipinski definition) is 1. The predicted octanol–water partition coefficient (Wildman–Crippen LogP) is 3.81. The molecule has 0 radical (unpaired) electrons. The lowest BCUT2D eigenvalue weighted by atomic mass is 10.1. The Bertz CT molecular complexity index is 898. The molecule has 0 saturated carbocycles. The van der Waals surface area contributed by atoms with E-state index in [-0.39, 0.29) is 5.56 Å². The van der Waals surface area contributed by atoms with Crippen molar-refractivity contribution in [2.24, 2.45) is 0 Å². The Hall–Kier alpha value is -2.95. The van der Waals surface area contributed by atoms with Crippen molar-refractivity contribution in [3.63, 3.8) is 0 Å². The lowest BCUT2D eigenvalue weighted by molar-refractivity contribution is 0.0696. The van der Waals surface area contributed by atoms with Gasteiger partial charge in [-0.05, 0) is 55.7 Å². The molecule has 3 aromatic rings. The summed E-state index contributed by atoms with van der Waals surface area (Å²) < 4.78 is 1.74. The molecule has 0 bridgehead atoms. The van der Waals surface area contributed by atoms with Crippen LogP contribution in [0.4, 0.5) is 0 Å². The highest BCUT2D eigenvalue weighted by molar-refractivity contribution is 5.96. The van der Waals surface area contributed by atoms with Gasteiger partial charge in [0.05, 0.1) is 11.4 Å². The molecule has 5 heteroatoms. The lowest BCUT2D eigenvalue weighted by Crippen LogP contribution is -2.06. The molecule has 2 aromatic heterocycles. The number of benzene rings is 1. The SMILES string of the molecule is CCc1c(C(=O)O)c(-c2ccncc2)nn1-c1ccc(C)c(C)c1. The highest BCUT2D eigenvalue weighted by Crippen LogP contribution is 2.28. The highest BCUT2D eigenvalue weighted by atomic mass is 16.4. The zero-order valence-electron chi connectivity index (χ0n) is 13.9. The second-order valence-electron chi connectivity index (χ2n) is 5.75. The van der Waals surface area contributed by atoms with E-state index in [1.807, 2.05) is 39.0 Å². The first-order chi connectivity index (χ1) is 11.5. The smallest absolute Gasteiger partial charge is 0.339 e. The molecule has 0 unspecified atom stereocenters. The molecule has 0 aliphatic heterocycles. The molecule has 0 aliphatic rings. The molecule has 1 aromatic carbocycles. The van der Waals surface area contributed by atoms with Crippen LogP contribution >= 0.6 is 0 Å². The van der Waals surface area contributed by atoms with Gasteiger partial charge >= 0.3 is 5.97 Å². The first kappa shape index (κ1) is 15.9. The highest BCUT2D eigenvalue weighted by Gasteiger charge is 2.24. The van der Waals surface area contributed by atoms with Crippen molar-refractivity contribution in [2.45, 2.75) is 27.2 Å². The van der Waals surface area contributed by atoms with Gasteiger partial charge in [0.15, 0.2) is 0 Å². The summed E-state index contributed by atoms with van der Waals surface area (Å²) in [5, 5.41) is 14.4. The van der Waals surface area contributed by atoms with Gasteiger partial charge in [-0.3, -0.25) is 4.98 Å². The summed E-state index contributed by atoms with van der Waals surface area (Å²) in [6.07, 6.45) is 3.86. The maximum absolute atomic E-state index is 11.9. The summed E-state index contributed by atoms with van der Waals surface area (Å²) in [5.74, 6) is -0.964. The van der Waals surface area contributed by atoms with Gasteiger partial charge in [0, 0.05) is 18.0 Å². The molecule has 122 valence electrons. The predicted molar refractivity (Wildman–Crippen MR) is 92.6 cm³/mol. The van der Waals surface area contributed by atoms with Crippen LogP contribution in [0.3, 0.4) is 0 Å². The summed E-state index contributed by atoms with van der Waals surface area (Å²) >= 11 is 0. The van der Waals surface area contributed by atoms with Crippen LogP contribution in [0.2, 0.25) is 0 Å². The molecule has 0 amide bonds. The minimum absolute atomic E-state index is 0.252. The number of nitrogens with zero attached hydrogens (tertiary/aromatic N) is 3. The number of carboxylic acid groups (broad SMARTS) is 1. The van der Waals surface area contributed by atoms with Crippen LogP contribution in [0.5, 0.6) is 0 Å². The van der Waals surface area contributed by atoms with E-state index in [1.54, 1.807) is 29.2 Å². The Morgan fingerprint density at radius 1 is 1.12 bits per heavy atom.